The van der Waals surface area contributed by atoms with Crippen LogP contribution >= 0.6 is 0 Å². The minimum absolute atomic E-state index is 0.00659. The highest BCUT2D eigenvalue weighted by Gasteiger charge is 2.44. The molecular formula is C19H19NO7. The Bertz CT molecular complexity index is 857. The van der Waals surface area contributed by atoms with Gasteiger partial charge in [-0.15, -0.1) is 0 Å². The Morgan fingerprint density at radius 1 is 1.19 bits per heavy atom. The number of rotatable bonds is 8. The lowest BCUT2D eigenvalue weighted by Gasteiger charge is -2.26. The number of nitrogens with zero attached hydrogens (tertiary/aromatic N) is 1. The molecule has 3 rings (SSSR count). The number of benzene rings is 1. The standard InChI is InChI=1S/C19H19NO7/c21-7-10-26-9-6-20-16(12-3-1-4-13(22)11-12)15(18(24)19(20)25)17(23)14-5-2-8-27-14/h1-5,8,11,16,21-22,24H,6-7,9-10H2/t16-/m1/s1. The van der Waals surface area contributed by atoms with Crippen LogP contribution in [0.3, 0.4) is 0 Å². The van der Waals surface area contributed by atoms with Gasteiger partial charge in [-0.1, -0.05) is 12.1 Å². The first-order chi connectivity index (χ1) is 13.0. The van der Waals surface area contributed by atoms with E-state index >= 15 is 0 Å². The lowest BCUT2D eigenvalue weighted by molar-refractivity contribution is -0.130. The van der Waals surface area contributed by atoms with Crippen molar-refractivity contribution < 1.29 is 34.1 Å². The van der Waals surface area contributed by atoms with E-state index in [1.807, 2.05) is 0 Å². The summed E-state index contributed by atoms with van der Waals surface area (Å²) < 4.78 is 10.3. The average Bonchev–Trinajstić information content (AvgIpc) is 3.27. The van der Waals surface area contributed by atoms with Gasteiger partial charge < -0.3 is 29.4 Å². The number of ether oxygens (including phenoxy) is 1. The Kier molecular flexibility index (Phi) is 5.58. The van der Waals surface area contributed by atoms with Gasteiger partial charge in [-0.05, 0) is 29.8 Å². The van der Waals surface area contributed by atoms with Crippen LogP contribution < -0.4 is 0 Å². The van der Waals surface area contributed by atoms with E-state index in [-0.39, 0.29) is 43.4 Å². The molecule has 1 aliphatic heterocycles. The Labute approximate surface area is 154 Å². The number of aromatic hydroxyl groups is 1. The number of phenols is 1. The predicted molar refractivity (Wildman–Crippen MR) is 93.2 cm³/mol. The van der Waals surface area contributed by atoms with Crippen molar-refractivity contribution in [1.82, 2.24) is 4.90 Å². The Hall–Kier alpha value is -3.10. The number of hydrogen-bond donors (Lipinski definition) is 3. The summed E-state index contributed by atoms with van der Waals surface area (Å²) in [5.41, 5.74) is 0.340. The largest absolute Gasteiger partial charge is 0.508 e. The van der Waals surface area contributed by atoms with Gasteiger partial charge in [0.15, 0.2) is 11.5 Å². The van der Waals surface area contributed by atoms with Gasteiger partial charge in [0.05, 0.1) is 37.7 Å². The zero-order valence-corrected chi connectivity index (χ0v) is 14.4. The number of hydrogen-bond acceptors (Lipinski definition) is 7. The average molecular weight is 373 g/mol. The van der Waals surface area contributed by atoms with Gasteiger partial charge in [-0.2, -0.15) is 0 Å². The number of carbonyl (C=O) groups is 2. The van der Waals surface area contributed by atoms with Crippen molar-refractivity contribution in [2.75, 3.05) is 26.4 Å². The molecule has 142 valence electrons. The minimum Gasteiger partial charge on any atom is -0.508 e. The van der Waals surface area contributed by atoms with Gasteiger partial charge in [0.25, 0.3) is 5.91 Å². The first-order valence-electron chi connectivity index (χ1n) is 8.34. The third kappa shape index (κ3) is 3.71. The zero-order valence-electron chi connectivity index (χ0n) is 14.4. The number of carbonyl (C=O) groups excluding carboxylic acids is 2. The fourth-order valence-electron chi connectivity index (χ4n) is 3.03. The first kappa shape index (κ1) is 18.7. The van der Waals surface area contributed by atoms with Crippen molar-refractivity contribution >= 4 is 11.7 Å². The molecule has 1 aromatic carbocycles. The maximum atomic E-state index is 12.8. The molecule has 8 nitrogen and oxygen atoms in total. The molecule has 0 saturated carbocycles. The molecule has 0 fully saturated rings. The van der Waals surface area contributed by atoms with Gasteiger partial charge in [0.1, 0.15) is 5.75 Å². The van der Waals surface area contributed by atoms with Gasteiger partial charge in [0, 0.05) is 6.54 Å². The van der Waals surface area contributed by atoms with Crippen LogP contribution in [0.15, 0.2) is 58.4 Å². The van der Waals surface area contributed by atoms with Crippen molar-refractivity contribution in [3.63, 3.8) is 0 Å². The van der Waals surface area contributed by atoms with Crippen molar-refractivity contribution in [2.24, 2.45) is 0 Å². The lowest BCUT2D eigenvalue weighted by atomic mass is 9.95. The lowest BCUT2D eigenvalue weighted by Crippen LogP contribution is -2.34. The number of Topliss-reactive ketones (excluding diaryl/α,β-unsaturated/α-hetero) is 1. The van der Waals surface area contributed by atoms with Crippen molar-refractivity contribution in [1.29, 1.82) is 0 Å². The van der Waals surface area contributed by atoms with Crippen LogP contribution in [0.1, 0.15) is 22.2 Å². The predicted octanol–water partition coefficient (Wildman–Crippen LogP) is 1.57. The summed E-state index contributed by atoms with van der Waals surface area (Å²) in [6.45, 7) is 0.140. The fraction of sp³-hybridized carbons (Fsp3) is 0.263. The molecule has 0 bridgehead atoms. The highest BCUT2D eigenvalue weighted by Crippen LogP contribution is 2.39. The fourth-order valence-corrected chi connectivity index (χ4v) is 3.03. The van der Waals surface area contributed by atoms with E-state index in [9.17, 15) is 19.8 Å². The molecule has 1 aliphatic rings. The van der Waals surface area contributed by atoms with Crippen molar-refractivity contribution in [2.45, 2.75) is 6.04 Å². The number of aliphatic hydroxyl groups excluding tert-OH is 2. The topological polar surface area (TPSA) is 120 Å². The van der Waals surface area contributed by atoms with Crippen LogP contribution in [0, 0.1) is 0 Å². The van der Waals surface area contributed by atoms with Crippen LogP contribution in [0.2, 0.25) is 0 Å². The number of aliphatic hydroxyl groups is 2. The molecule has 3 N–H and O–H groups in total. The summed E-state index contributed by atoms with van der Waals surface area (Å²) in [7, 11) is 0. The van der Waals surface area contributed by atoms with E-state index in [0.717, 1.165) is 0 Å². The monoisotopic (exact) mass is 373 g/mol. The molecule has 8 heteroatoms. The molecule has 0 saturated heterocycles. The maximum Gasteiger partial charge on any atom is 0.290 e. The summed E-state index contributed by atoms with van der Waals surface area (Å²) in [6.07, 6.45) is 1.32. The van der Waals surface area contributed by atoms with E-state index < -0.39 is 23.5 Å². The van der Waals surface area contributed by atoms with E-state index in [1.54, 1.807) is 12.1 Å². The summed E-state index contributed by atoms with van der Waals surface area (Å²) in [4.78, 5) is 26.7. The highest BCUT2D eigenvalue weighted by molar-refractivity contribution is 6.15. The second-order valence-corrected chi connectivity index (χ2v) is 5.90. The van der Waals surface area contributed by atoms with Crippen molar-refractivity contribution in [3.8, 4) is 5.75 Å². The minimum atomic E-state index is -0.903. The molecule has 0 unspecified atom stereocenters. The number of phenolic OH excluding ortho intramolecular Hbond substituents is 1. The molecule has 1 amide bonds. The van der Waals surface area contributed by atoms with Gasteiger partial charge in [-0.25, -0.2) is 0 Å². The quantitative estimate of drug-likeness (QED) is 0.474. The Balaban J connectivity index is 1.98. The van der Waals surface area contributed by atoms with Gasteiger partial charge in [-0.3, -0.25) is 9.59 Å². The van der Waals surface area contributed by atoms with E-state index in [4.69, 9.17) is 14.3 Å². The third-order valence-electron chi connectivity index (χ3n) is 4.19. The molecule has 1 aromatic heterocycles. The molecule has 0 spiro atoms. The van der Waals surface area contributed by atoms with E-state index in [0.29, 0.717) is 5.56 Å². The van der Waals surface area contributed by atoms with Gasteiger partial charge in [0.2, 0.25) is 5.78 Å². The van der Waals surface area contributed by atoms with Crippen molar-refractivity contribution in [3.05, 3.63) is 65.3 Å². The van der Waals surface area contributed by atoms with E-state index in [2.05, 4.69) is 0 Å². The SMILES string of the molecule is O=C(C1=C(O)C(=O)N(CCOCCO)[C@@H]1c1cccc(O)c1)c1ccco1. The second-order valence-electron chi connectivity index (χ2n) is 5.90. The van der Waals surface area contributed by atoms with Crippen LogP contribution in [0.25, 0.3) is 0 Å². The maximum absolute atomic E-state index is 12.8. The highest BCUT2D eigenvalue weighted by atomic mass is 16.5. The Morgan fingerprint density at radius 2 is 2.00 bits per heavy atom. The zero-order chi connectivity index (χ0) is 19.4. The number of furan rings is 1. The summed E-state index contributed by atoms with van der Waals surface area (Å²) >= 11 is 0. The summed E-state index contributed by atoms with van der Waals surface area (Å²) in [6, 6.07) is 8.19. The van der Waals surface area contributed by atoms with Crippen LogP contribution in [0.5, 0.6) is 5.75 Å². The molecular weight excluding hydrogens is 354 g/mol. The van der Waals surface area contributed by atoms with Crippen LogP contribution in [-0.4, -0.2) is 58.3 Å². The Morgan fingerprint density at radius 3 is 2.67 bits per heavy atom. The molecule has 1 atom stereocenters. The third-order valence-corrected chi connectivity index (χ3v) is 4.19. The van der Waals surface area contributed by atoms with Crippen LogP contribution in [0.4, 0.5) is 0 Å². The first-order valence-corrected chi connectivity index (χ1v) is 8.34. The van der Waals surface area contributed by atoms with E-state index in [1.165, 1.54) is 35.4 Å². The molecule has 2 heterocycles. The number of amides is 1. The molecule has 27 heavy (non-hydrogen) atoms. The summed E-state index contributed by atoms with van der Waals surface area (Å²) in [5, 5.41) is 29.0. The molecule has 2 aromatic rings. The number of ketones is 1. The summed E-state index contributed by atoms with van der Waals surface area (Å²) in [5.74, 6) is -2.03. The smallest absolute Gasteiger partial charge is 0.290 e. The van der Waals surface area contributed by atoms with Gasteiger partial charge >= 0.3 is 0 Å². The molecule has 0 radical (unpaired) electrons. The van der Waals surface area contributed by atoms with Crippen LogP contribution in [-0.2, 0) is 9.53 Å². The second kappa shape index (κ2) is 8.07. The normalized spacial score (nSPS) is 17.0. The molecule has 0 aliphatic carbocycles.